The SMILES string of the molecule is C=CCN1C(=O)C(=Cc2cn(-c3ccccc3)nc2-c2ccc(OC)c(OC)c2)SC1=S. The van der Waals surface area contributed by atoms with Crippen LogP contribution in [0, 0.1) is 0 Å². The largest absolute Gasteiger partial charge is 0.493 e. The topological polar surface area (TPSA) is 56.6 Å². The van der Waals surface area contributed by atoms with Crippen molar-refractivity contribution in [1.29, 1.82) is 0 Å². The van der Waals surface area contributed by atoms with Gasteiger partial charge in [0.25, 0.3) is 5.91 Å². The summed E-state index contributed by atoms with van der Waals surface area (Å²) < 4.78 is 13.1. The second kappa shape index (κ2) is 9.42. The molecular weight excluding hydrogens is 442 g/mol. The van der Waals surface area contributed by atoms with Gasteiger partial charge in [-0.3, -0.25) is 9.69 Å². The molecule has 2 heterocycles. The molecule has 0 radical (unpaired) electrons. The Hall–Kier alpha value is -3.36. The van der Waals surface area contributed by atoms with Crippen LogP contribution < -0.4 is 9.47 Å². The maximum Gasteiger partial charge on any atom is 0.266 e. The van der Waals surface area contributed by atoms with E-state index in [9.17, 15) is 4.79 Å². The Balaban J connectivity index is 1.83. The minimum atomic E-state index is -0.134. The summed E-state index contributed by atoms with van der Waals surface area (Å²) in [5.74, 6) is 1.10. The van der Waals surface area contributed by atoms with E-state index in [1.165, 1.54) is 16.7 Å². The minimum absolute atomic E-state index is 0.134. The normalized spacial score (nSPS) is 14.8. The molecule has 0 bridgehead atoms. The number of hydrogen-bond acceptors (Lipinski definition) is 6. The number of nitrogens with zero attached hydrogens (tertiary/aromatic N) is 3. The molecule has 0 spiro atoms. The van der Waals surface area contributed by atoms with Gasteiger partial charge in [0.2, 0.25) is 0 Å². The first-order valence-electron chi connectivity index (χ1n) is 9.79. The van der Waals surface area contributed by atoms with E-state index in [-0.39, 0.29) is 5.91 Å². The Bertz CT molecular complexity index is 1220. The number of hydrogen-bond donors (Lipinski definition) is 0. The van der Waals surface area contributed by atoms with Crippen molar-refractivity contribution in [2.24, 2.45) is 0 Å². The highest BCUT2D eigenvalue weighted by Gasteiger charge is 2.31. The Morgan fingerprint density at radius 1 is 1.12 bits per heavy atom. The van der Waals surface area contributed by atoms with Gasteiger partial charge >= 0.3 is 0 Å². The van der Waals surface area contributed by atoms with Crippen molar-refractivity contribution in [2.45, 2.75) is 0 Å². The maximum absolute atomic E-state index is 12.9. The van der Waals surface area contributed by atoms with Gasteiger partial charge in [-0.25, -0.2) is 4.68 Å². The van der Waals surface area contributed by atoms with Gasteiger partial charge < -0.3 is 9.47 Å². The molecule has 0 aliphatic carbocycles. The number of carbonyl (C=O) groups excluding carboxylic acids is 1. The lowest BCUT2D eigenvalue weighted by molar-refractivity contribution is -0.121. The Labute approximate surface area is 196 Å². The number of amides is 1. The quantitative estimate of drug-likeness (QED) is 0.281. The first kappa shape index (κ1) is 21.9. The van der Waals surface area contributed by atoms with Crippen molar-refractivity contribution >= 4 is 40.3 Å². The Kier molecular flexibility index (Phi) is 6.43. The summed E-state index contributed by atoms with van der Waals surface area (Å²) in [4.78, 5) is 14.9. The molecule has 0 atom stereocenters. The van der Waals surface area contributed by atoms with Crippen LogP contribution in [0.3, 0.4) is 0 Å². The van der Waals surface area contributed by atoms with Gasteiger partial charge in [0.05, 0.1) is 24.8 Å². The molecule has 32 heavy (non-hydrogen) atoms. The second-order valence-corrected chi connectivity index (χ2v) is 8.54. The number of benzene rings is 2. The van der Waals surface area contributed by atoms with E-state index in [1.54, 1.807) is 25.0 Å². The summed E-state index contributed by atoms with van der Waals surface area (Å²) in [7, 11) is 3.19. The average Bonchev–Trinajstić information content (AvgIpc) is 3.36. The lowest BCUT2D eigenvalue weighted by Gasteiger charge is -2.10. The minimum Gasteiger partial charge on any atom is -0.493 e. The Morgan fingerprint density at radius 2 is 1.88 bits per heavy atom. The molecule has 1 aliphatic rings. The first-order chi connectivity index (χ1) is 15.5. The van der Waals surface area contributed by atoms with Crippen molar-refractivity contribution in [2.75, 3.05) is 20.8 Å². The van der Waals surface area contributed by atoms with Gasteiger partial charge in [-0.2, -0.15) is 5.10 Å². The summed E-state index contributed by atoms with van der Waals surface area (Å²) in [5, 5.41) is 4.82. The third-order valence-electron chi connectivity index (χ3n) is 4.89. The van der Waals surface area contributed by atoms with E-state index in [0.717, 1.165) is 16.8 Å². The number of methoxy groups -OCH3 is 2. The zero-order chi connectivity index (χ0) is 22.7. The van der Waals surface area contributed by atoms with Crippen LogP contribution in [0.15, 0.2) is 72.3 Å². The molecule has 0 N–H and O–H groups in total. The van der Waals surface area contributed by atoms with E-state index >= 15 is 0 Å². The first-order valence-corrected chi connectivity index (χ1v) is 11.0. The van der Waals surface area contributed by atoms with Crippen LogP contribution in [0.1, 0.15) is 5.56 Å². The van der Waals surface area contributed by atoms with Crippen LogP contribution in [0.4, 0.5) is 0 Å². The third-order valence-corrected chi connectivity index (χ3v) is 6.27. The lowest BCUT2D eigenvalue weighted by atomic mass is 10.1. The fourth-order valence-electron chi connectivity index (χ4n) is 3.34. The molecule has 3 aromatic rings. The highest BCUT2D eigenvalue weighted by atomic mass is 32.2. The maximum atomic E-state index is 12.9. The molecule has 0 saturated carbocycles. The summed E-state index contributed by atoms with van der Waals surface area (Å²) in [6.07, 6.45) is 5.40. The number of thioether (sulfide) groups is 1. The van der Waals surface area contributed by atoms with Gasteiger partial charge in [-0.05, 0) is 36.4 Å². The number of rotatable bonds is 7. The van der Waals surface area contributed by atoms with E-state index in [1.807, 2.05) is 60.8 Å². The van der Waals surface area contributed by atoms with E-state index < -0.39 is 0 Å². The van der Waals surface area contributed by atoms with Crippen molar-refractivity contribution in [3.8, 4) is 28.4 Å². The van der Waals surface area contributed by atoms with Crippen LogP contribution in [0.25, 0.3) is 23.0 Å². The molecule has 4 rings (SSSR count). The van der Waals surface area contributed by atoms with Crippen LogP contribution in [0.2, 0.25) is 0 Å². The zero-order valence-corrected chi connectivity index (χ0v) is 19.3. The van der Waals surface area contributed by atoms with E-state index in [0.29, 0.717) is 33.0 Å². The fraction of sp³-hybridized carbons (Fsp3) is 0.125. The predicted molar refractivity (Wildman–Crippen MR) is 132 cm³/mol. The summed E-state index contributed by atoms with van der Waals surface area (Å²) in [6.45, 7) is 4.09. The zero-order valence-electron chi connectivity index (χ0n) is 17.6. The monoisotopic (exact) mass is 463 g/mol. The molecule has 162 valence electrons. The number of carbonyl (C=O) groups is 1. The predicted octanol–water partition coefficient (Wildman–Crippen LogP) is 4.94. The van der Waals surface area contributed by atoms with E-state index in [2.05, 4.69) is 6.58 Å². The highest BCUT2D eigenvalue weighted by Crippen LogP contribution is 2.37. The number of thiocarbonyl (C=S) groups is 1. The molecule has 1 saturated heterocycles. The molecular formula is C24H21N3O3S2. The number of aromatic nitrogens is 2. The molecule has 8 heteroatoms. The summed E-state index contributed by atoms with van der Waals surface area (Å²) >= 11 is 6.65. The molecule has 6 nitrogen and oxygen atoms in total. The summed E-state index contributed by atoms with van der Waals surface area (Å²) in [6, 6.07) is 15.4. The van der Waals surface area contributed by atoms with Gasteiger partial charge in [-0.1, -0.05) is 48.3 Å². The van der Waals surface area contributed by atoms with Crippen molar-refractivity contribution in [3.05, 3.63) is 77.9 Å². The Morgan fingerprint density at radius 3 is 2.56 bits per heavy atom. The molecule has 1 aliphatic heterocycles. The van der Waals surface area contributed by atoms with Crippen molar-refractivity contribution in [3.63, 3.8) is 0 Å². The second-order valence-electron chi connectivity index (χ2n) is 6.86. The average molecular weight is 464 g/mol. The molecule has 1 aromatic heterocycles. The van der Waals surface area contributed by atoms with Gasteiger partial charge in [0.15, 0.2) is 11.5 Å². The van der Waals surface area contributed by atoms with Crippen LogP contribution in [-0.4, -0.2) is 45.7 Å². The molecule has 2 aromatic carbocycles. The lowest BCUT2D eigenvalue weighted by Crippen LogP contribution is -2.27. The van der Waals surface area contributed by atoms with E-state index in [4.69, 9.17) is 26.8 Å². The molecule has 1 fully saturated rings. The van der Waals surface area contributed by atoms with Gasteiger partial charge in [0, 0.05) is 23.9 Å². The van der Waals surface area contributed by atoms with Crippen molar-refractivity contribution < 1.29 is 14.3 Å². The third kappa shape index (κ3) is 4.19. The molecule has 1 amide bonds. The van der Waals surface area contributed by atoms with Gasteiger partial charge in [-0.15, -0.1) is 6.58 Å². The standard InChI is InChI=1S/C24H21N3O3S2/c1-4-12-26-23(28)21(32-24(26)31)14-17-15-27(18-8-6-5-7-9-18)25-22(17)16-10-11-19(29-2)20(13-16)30-3/h4-11,13-15H,1,12H2,2-3H3. The van der Waals surface area contributed by atoms with Gasteiger partial charge in [0.1, 0.15) is 10.0 Å². The van der Waals surface area contributed by atoms with Crippen molar-refractivity contribution in [1.82, 2.24) is 14.7 Å². The highest BCUT2D eigenvalue weighted by molar-refractivity contribution is 8.26. The van der Waals surface area contributed by atoms with Crippen LogP contribution >= 0.6 is 24.0 Å². The summed E-state index contributed by atoms with van der Waals surface area (Å²) in [5.41, 5.74) is 3.25. The van der Waals surface area contributed by atoms with Crippen LogP contribution in [-0.2, 0) is 4.79 Å². The van der Waals surface area contributed by atoms with Crippen LogP contribution in [0.5, 0.6) is 11.5 Å². The fourth-order valence-corrected chi connectivity index (χ4v) is 4.61. The molecule has 0 unspecified atom stereocenters. The number of ether oxygens (including phenoxy) is 2. The number of para-hydroxylation sites is 1. The smallest absolute Gasteiger partial charge is 0.266 e.